The molecule has 0 bridgehead atoms. The van der Waals surface area contributed by atoms with E-state index in [4.69, 9.17) is 23.2 Å². The van der Waals surface area contributed by atoms with Crippen LogP contribution in [0.25, 0.3) is 0 Å². The van der Waals surface area contributed by atoms with Crippen LogP contribution in [0.5, 0.6) is 0 Å². The lowest BCUT2D eigenvalue weighted by molar-refractivity contribution is 1.03. The molecule has 1 heterocycles. The van der Waals surface area contributed by atoms with E-state index < -0.39 is 0 Å². The fraction of sp³-hybridized carbons (Fsp3) is 0.0909. The Bertz CT molecular complexity index is 560. The van der Waals surface area contributed by atoms with Crippen molar-refractivity contribution >= 4 is 50.5 Å². The zero-order chi connectivity index (χ0) is 12.4. The maximum Gasteiger partial charge on any atom is 0.175 e. The molecule has 0 atom stereocenters. The molecule has 0 aliphatic rings. The molecule has 0 aliphatic carbocycles. The normalized spacial score (nSPS) is 10.4. The van der Waals surface area contributed by atoms with Gasteiger partial charge in [-0.1, -0.05) is 39.1 Å². The Kier molecular flexibility index (Phi) is 3.86. The van der Waals surface area contributed by atoms with Crippen molar-refractivity contribution in [3.05, 3.63) is 44.6 Å². The lowest BCUT2D eigenvalue weighted by atomic mass is 10.2. The van der Waals surface area contributed by atoms with Gasteiger partial charge < -0.3 is 5.32 Å². The third-order valence-corrected chi connectivity index (χ3v) is 3.13. The predicted octanol–water partition coefficient (Wildman–Crippen LogP) is 4.60. The van der Waals surface area contributed by atoms with Gasteiger partial charge in [-0.05, 0) is 30.7 Å². The summed E-state index contributed by atoms with van der Waals surface area (Å²) in [6.07, 6.45) is 0. The Hall–Kier alpha value is -0.840. The van der Waals surface area contributed by atoms with Crippen LogP contribution in [0.4, 0.5) is 11.4 Å². The highest BCUT2D eigenvalue weighted by Crippen LogP contribution is 2.28. The lowest BCUT2D eigenvalue weighted by Gasteiger charge is -2.10. The summed E-state index contributed by atoms with van der Waals surface area (Å²) in [7, 11) is 0. The van der Waals surface area contributed by atoms with Gasteiger partial charge in [0.05, 0.1) is 5.69 Å². The Morgan fingerprint density at radius 3 is 2.59 bits per heavy atom. The van der Waals surface area contributed by atoms with Crippen molar-refractivity contribution in [1.82, 2.24) is 10.2 Å². The van der Waals surface area contributed by atoms with E-state index in [1.165, 1.54) is 0 Å². The molecule has 0 fully saturated rings. The second-order valence-electron chi connectivity index (χ2n) is 3.46. The van der Waals surface area contributed by atoms with E-state index in [0.29, 0.717) is 10.8 Å². The smallest absolute Gasteiger partial charge is 0.175 e. The average Bonchev–Trinajstić information content (AvgIpc) is 2.27. The molecule has 0 radical (unpaired) electrons. The van der Waals surface area contributed by atoms with Crippen molar-refractivity contribution in [3.63, 3.8) is 0 Å². The number of aromatic nitrogens is 2. The Balaban J connectivity index is 2.34. The zero-order valence-corrected chi connectivity index (χ0v) is 11.9. The van der Waals surface area contributed by atoms with Crippen molar-refractivity contribution in [2.24, 2.45) is 0 Å². The van der Waals surface area contributed by atoms with Crippen molar-refractivity contribution in [1.29, 1.82) is 0 Å². The number of hydrogen-bond donors (Lipinski definition) is 1. The van der Waals surface area contributed by atoms with Crippen LogP contribution in [-0.4, -0.2) is 10.2 Å². The summed E-state index contributed by atoms with van der Waals surface area (Å²) in [6.45, 7) is 2.00. The van der Waals surface area contributed by atoms with Crippen LogP contribution in [0.1, 0.15) is 5.56 Å². The third-order valence-electron chi connectivity index (χ3n) is 2.18. The first kappa shape index (κ1) is 12.6. The van der Waals surface area contributed by atoms with Gasteiger partial charge in [0.15, 0.2) is 10.3 Å². The first-order chi connectivity index (χ1) is 8.06. The zero-order valence-electron chi connectivity index (χ0n) is 8.84. The van der Waals surface area contributed by atoms with Crippen LogP contribution >= 0.6 is 39.1 Å². The molecule has 3 nitrogen and oxygen atoms in total. The topological polar surface area (TPSA) is 37.8 Å². The summed E-state index contributed by atoms with van der Waals surface area (Å²) in [5.41, 5.74) is 2.67. The van der Waals surface area contributed by atoms with Gasteiger partial charge >= 0.3 is 0 Å². The maximum absolute atomic E-state index is 5.93. The van der Waals surface area contributed by atoms with Crippen molar-refractivity contribution < 1.29 is 0 Å². The van der Waals surface area contributed by atoms with Gasteiger partial charge in [0.1, 0.15) is 0 Å². The molecule has 0 amide bonds. The minimum absolute atomic E-state index is 0.289. The number of halogens is 3. The van der Waals surface area contributed by atoms with Gasteiger partial charge in [-0.25, -0.2) is 0 Å². The van der Waals surface area contributed by atoms with Gasteiger partial charge in [0.2, 0.25) is 0 Å². The second-order valence-corrected chi connectivity index (χ2v) is 5.12. The van der Waals surface area contributed by atoms with Gasteiger partial charge in [0, 0.05) is 16.2 Å². The largest absolute Gasteiger partial charge is 0.353 e. The highest BCUT2D eigenvalue weighted by atomic mass is 79.9. The maximum atomic E-state index is 5.93. The fourth-order valence-electron chi connectivity index (χ4n) is 1.35. The van der Waals surface area contributed by atoms with E-state index in [9.17, 15) is 0 Å². The van der Waals surface area contributed by atoms with Gasteiger partial charge in [0.25, 0.3) is 0 Å². The number of aryl methyl sites for hydroxylation is 1. The molecule has 0 spiro atoms. The molecule has 6 heteroatoms. The quantitative estimate of drug-likeness (QED) is 0.873. The molecule has 2 aromatic rings. The fourth-order valence-corrected chi connectivity index (χ4v) is 2.12. The predicted molar refractivity (Wildman–Crippen MR) is 74.2 cm³/mol. The summed E-state index contributed by atoms with van der Waals surface area (Å²) in [5.74, 6) is 0. The summed E-state index contributed by atoms with van der Waals surface area (Å²) in [4.78, 5) is 0. The molecular weight excluding hydrogens is 325 g/mol. The molecule has 88 valence electrons. The Labute approximate surface area is 117 Å². The number of nitrogens with zero attached hydrogens (tertiary/aromatic N) is 2. The Morgan fingerprint density at radius 1 is 1.12 bits per heavy atom. The van der Waals surface area contributed by atoms with E-state index in [1.807, 2.05) is 25.1 Å². The first-order valence-electron chi connectivity index (χ1n) is 4.78. The van der Waals surface area contributed by atoms with Crippen LogP contribution in [-0.2, 0) is 0 Å². The summed E-state index contributed by atoms with van der Waals surface area (Å²) < 4.78 is 1.03. The summed E-state index contributed by atoms with van der Waals surface area (Å²) in [6, 6.07) is 7.54. The number of anilines is 2. The van der Waals surface area contributed by atoms with Crippen LogP contribution in [0.15, 0.2) is 28.7 Å². The molecule has 0 unspecified atom stereocenters. The number of benzene rings is 1. The number of rotatable bonds is 2. The molecule has 0 saturated carbocycles. The molecule has 1 N–H and O–H groups in total. The first-order valence-corrected chi connectivity index (χ1v) is 6.33. The van der Waals surface area contributed by atoms with Crippen LogP contribution in [0.3, 0.4) is 0 Å². The van der Waals surface area contributed by atoms with E-state index in [-0.39, 0.29) is 5.15 Å². The average molecular weight is 333 g/mol. The molecule has 2 rings (SSSR count). The third kappa shape index (κ3) is 3.09. The Morgan fingerprint density at radius 2 is 1.88 bits per heavy atom. The monoisotopic (exact) mass is 331 g/mol. The highest BCUT2D eigenvalue weighted by molar-refractivity contribution is 9.10. The molecule has 1 aromatic carbocycles. The van der Waals surface area contributed by atoms with E-state index in [2.05, 4.69) is 31.4 Å². The molecule has 17 heavy (non-hydrogen) atoms. The van der Waals surface area contributed by atoms with E-state index in [1.54, 1.807) is 6.07 Å². The van der Waals surface area contributed by atoms with Crippen molar-refractivity contribution in [2.45, 2.75) is 6.92 Å². The van der Waals surface area contributed by atoms with Crippen LogP contribution < -0.4 is 5.32 Å². The van der Waals surface area contributed by atoms with E-state index >= 15 is 0 Å². The summed E-state index contributed by atoms with van der Waals surface area (Å²) >= 11 is 15.1. The molecule has 0 aliphatic heterocycles. The molecule has 0 saturated heterocycles. The van der Waals surface area contributed by atoms with E-state index in [0.717, 1.165) is 15.7 Å². The SMILES string of the molecule is Cc1cc(Br)ccc1Nc1cc(Cl)nnc1Cl. The standard InChI is InChI=1S/C11H8BrCl2N3/c1-6-4-7(12)2-3-8(6)15-9-5-10(13)16-17-11(9)14/h2-5H,1H3,(H,15,16). The highest BCUT2D eigenvalue weighted by Gasteiger charge is 2.06. The van der Waals surface area contributed by atoms with Crippen molar-refractivity contribution in [2.75, 3.05) is 5.32 Å². The van der Waals surface area contributed by atoms with Crippen molar-refractivity contribution in [3.8, 4) is 0 Å². The summed E-state index contributed by atoms with van der Waals surface area (Å²) in [5, 5.41) is 11.1. The minimum Gasteiger partial charge on any atom is -0.353 e. The van der Waals surface area contributed by atoms with Gasteiger partial charge in [-0.15, -0.1) is 10.2 Å². The number of nitrogens with one attached hydrogen (secondary N) is 1. The van der Waals surface area contributed by atoms with Crippen LogP contribution in [0, 0.1) is 6.92 Å². The lowest BCUT2D eigenvalue weighted by Crippen LogP contribution is -1.96. The number of hydrogen-bond acceptors (Lipinski definition) is 3. The molecular formula is C11H8BrCl2N3. The molecule has 1 aromatic heterocycles. The van der Waals surface area contributed by atoms with Gasteiger partial charge in [-0.3, -0.25) is 0 Å². The minimum atomic E-state index is 0.289. The second kappa shape index (κ2) is 5.21. The van der Waals surface area contributed by atoms with Gasteiger partial charge in [-0.2, -0.15) is 0 Å². The van der Waals surface area contributed by atoms with Crippen LogP contribution in [0.2, 0.25) is 10.3 Å².